The van der Waals surface area contributed by atoms with Crippen molar-refractivity contribution in [3.8, 4) is 11.4 Å². The Kier molecular flexibility index (Phi) is 3.32. The number of ether oxygens (including phenoxy) is 1. The summed E-state index contributed by atoms with van der Waals surface area (Å²) < 4.78 is 6.90. The highest BCUT2D eigenvalue weighted by Crippen LogP contribution is 2.21. The topological polar surface area (TPSA) is 64.1 Å². The summed E-state index contributed by atoms with van der Waals surface area (Å²) in [7, 11) is 0. The third-order valence-electron chi connectivity index (χ3n) is 2.53. The first kappa shape index (κ1) is 12.2. The smallest absolute Gasteiger partial charge is 0.333 e. The van der Waals surface area contributed by atoms with Gasteiger partial charge in [-0.3, -0.25) is 14.3 Å². The predicted octanol–water partition coefficient (Wildman–Crippen LogP) is 1.23. The van der Waals surface area contributed by atoms with E-state index in [4.69, 9.17) is 4.74 Å². The van der Waals surface area contributed by atoms with Gasteiger partial charge < -0.3 is 4.74 Å². The molecule has 1 heterocycles. The van der Waals surface area contributed by atoms with Gasteiger partial charge in [0.25, 0.3) is 5.56 Å². The van der Waals surface area contributed by atoms with Crippen LogP contribution in [-0.4, -0.2) is 16.2 Å². The number of nitrogens with zero attached hydrogens (tertiary/aromatic N) is 1. The molecule has 0 radical (unpaired) electrons. The van der Waals surface area contributed by atoms with Crippen molar-refractivity contribution < 1.29 is 4.74 Å². The van der Waals surface area contributed by atoms with Crippen LogP contribution >= 0.6 is 0 Å². The van der Waals surface area contributed by atoms with Gasteiger partial charge in [0.05, 0.1) is 12.3 Å². The molecule has 0 unspecified atom stereocenters. The van der Waals surface area contributed by atoms with E-state index >= 15 is 0 Å². The maximum atomic E-state index is 11.9. The highest BCUT2D eigenvalue weighted by atomic mass is 16.5. The van der Waals surface area contributed by atoms with E-state index in [-0.39, 0.29) is 0 Å². The molecule has 2 aromatic rings. The Bertz CT molecular complexity index is 670. The fraction of sp³-hybridized carbons (Fsp3) is 0.231. The largest absolute Gasteiger partial charge is 0.492 e. The quantitative estimate of drug-likeness (QED) is 0.886. The molecule has 0 aliphatic heterocycles. The van der Waals surface area contributed by atoms with Gasteiger partial charge in [-0.1, -0.05) is 12.1 Å². The SMILES string of the molecule is CCOc1ccccc1-n1c(C)cc(=O)[nH]c1=O. The van der Waals surface area contributed by atoms with Crippen LogP contribution in [-0.2, 0) is 0 Å². The molecule has 1 aromatic carbocycles. The Morgan fingerprint density at radius 1 is 1.28 bits per heavy atom. The van der Waals surface area contributed by atoms with E-state index in [0.717, 1.165) is 0 Å². The van der Waals surface area contributed by atoms with E-state index in [1.807, 2.05) is 19.1 Å². The van der Waals surface area contributed by atoms with E-state index in [2.05, 4.69) is 4.98 Å². The summed E-state index contributed by atoms with van der Waals surface area (Å²) in [6, 6.07) is 8.59. The summed E-state index contributed by atoms with van der Waals surface area (Å²) in [5, 5.41) is 0. The Morgan fingerprint density at radius 2 is 2.00 bits per heavy atom. The molecule has 94 valence electrons. The van der Waals surface area contributed by atoms with Gasteiger partial charge in [-0.15, -0.1) is 0 Å². The van der Waals surface area contributed by atoms with E-state index < -0.39 is 11.2 Å². The van der Waals surface area contributed by atoms with Crippen molar-refractivity contribution in [1.29, 1.82) is 0 Å². The molecule has 0 atom stereocenters. The average Bonchev–Trinajstić information content (AvgIpc) is 2.30. The van der Waals surface area contributed by atoms with Crippen molar-refractivity contribution in [2.24, 2.45) is 0 Å². The van der Waals surface area contributed by atoms with Gasteiger partial charge in [-0.25, -0.2) is 4.79 Å². The van der Waals surface area contributed by atoms with Crippen LogP contribution in [0.25, 0.3) is 5.69 Å². The number of para-hydroxylation sites is 2. The lowest BCUT2D eigenvalue weighted by molar-refractivity contribution is 0.338. The van der Waals surface area contributed by atoms with Gasteiger partial charge >= 0.3 is 5.69 Å². The molecule has 0 fully saturated rings. The van der Waals surface area contributed by atoms with Crippen LogP contribution < -0.4 is 16.0 Å². The maximum absolute atomic E-state index is 11.9. The zero-order valence-electron chi connectivity index (χ0n) is 10.3. The second-order valence-electron chi connectivity index (χ2n) is 3.82. The summed E-state index contributed by atoms with van der Waals surface area (Å²) in [6.07, 6.45) is 0. The molecule has 5 nitrogen and oxygen atoms in total. The fourth-order valence-corrected chi connectivity index (χ4v) is 1.83. The minimum atomic E-state index is -0.466. The molecule has 1 aromatic heterocycles. The molecule has 18 heavy (non-hydrogen) atoms. The maximum Gasteiger partial charge on any atom is 0.333 e. The van der Waals surface area contributed by atoms with Gasteiger partial charge in [-0.2, -0.15) is 0 Å². The highest BCUT2D eigenvalue weighted by Gasteiger charge is 2.09. The number of nitrogens with one attached hydrogen (secondary N) is 1. The van der Waals surface area contributed by atoms with Crippen LogP contribution in [0.15, 0.2) is 39.9 Å². The Hall–Kier alpha value is -2.30. The van der Waals surface area contributed by atoms with Crippen molar-refractivity contribution >= 4 is 0 Å². The minimum absolute atomic E-state index is 0.400. The monoisotopic (exact) mass is 246 g/mol. The van der Waals surface area contributed by atoms with Gasteiger partial charge in [-0.05, 0) is 26.0 Å². The van der Waals surface area contributed by atoms with E-state index in [0.29, 0.717) is 23.7 Å². The second kappa shape index (κ2) is 4.91. The van der Waals surface area contributed by atoms with Crippen molar-refractivity contribution in [3.05, 3.63) is 56.9 Å². The third kappa shape index (κ3) is 2.20. The van der Waals surface area contributed by atoms with Crippen LogP contribution in [0.3, 0.4) is 0 Å². The predicted molar refractivity (Wildman–Crippen MR) is 68.6 cm³/mol. The highest BCUT2D eigenvalue weighted by molar-refractivity contribution is 5.47. The number of benzene rings is 1. The summed E-state index contributed by atoms with van der Waals surface area (Å²) in [5.74, 6) is 0.609. The molecule has 0 saturated heterocycles. The van der Waals surface area contributed by atoms with Crippen LogP contribution in [0, 0.1) is 6.92 Å². The first-order chi connectivity index (χ1) is 8.63. The van der Waals surface area contributed by atoms with Crippen molar-refractivity contribution in [2.75, 3.05) is 6.61 Å². The number of hydrogen-bond donors (Lipinski definition) is 1. The molecule has 0 saturated carbocycles. The molecule has 1 N–H and O–H groups in total. The molecular formula is C13H14N2O3. The molecule has 0 aliphatic rings. The second-order valence-corrected chi connectivity index (χ2v) is 3.82. The molecule has 0 bridgehead atoms. The van der Waals surface area contributed by atoms with Crippen LogP contribution in [0.4, 0.5) is 0 Å². The van der Waals surface area contributed by atoms with Crippen LogP contribution in [0.2, 0.25) is 0 Å². The van der Waals surface area contributed by atoms with Gasteiger partial charge in [0.15, 0.2) is 0 Å². The van der Waals surface area contributed by atoms with Crippen LogP contribution in [0.1, 0.15) is 12.6 Å². The number of H-pyrrole nitrogens is 1. The summed E-state index contributed by atoms with van der Waals surface area (Å²) >= 11 is 0. The molecular weight excluding hydrogens is 232 g/mol. The minimum Gasteiger partial charge on any atom is -0.492 e. The van der Waals surface area contributed by atoms with Gasteiger partial charge in [0, 0.05) is 11.8 Å². The first-order valence-corrected chi connectivity index (χ1v) is 5.68. The molecule has 0 aliphatic carbocycles. The lowest BCUT2D eigenvalue weighted by atomic mass is 10.2. The van der Waals surface area contributed by atoms with Crippen molar-refractivity contribution in [2.45, 2.75) is 13.8 Å². The standard InChI is InChI=1S/C13H14N2O3/c1-3-18-11-7-5-4-6-10(11)15-9(2)8-12(16)14-13(15)17/h4-8H,3H2,1-2H3,(H,14,16,17). The van der Waals surface area contributed by atoms with E-state index in [1.165, 1.54) is 10.6 Å². The Morgan fingerprint density at radius 3 is 2.67 bits per heavy atom. The molecule has 2 rings (SSSR count). The first-order valence-electron chi connectivity index (χ1n) is 5.68. The Labute approximate surface area is 104 Å². The fourth-order valence-electron chi connectivity index (χ4n) is 1.83. The number of aromatic nitrogens is 2. The van der Waals surface area contributed by atoms with Crippen molar-refractivity contribution in [1.82, 2.24) is 9.55 Å². The third-order valence-corrected chi connectivity index (χ3v) is 2.53. The number of rotatable bonds is 3. The van der Waals surface area contributed by atoms with Crippen LogP contribution in [0.5, 0.6) is 5.75 Å². The molecule has 0 amide bonds. The molecule has 5 heteroatoms. The lowest BCUT2D eigenvalue weighted by Gasteiger charge is -2.13. The summed E-state index contributed by atoms with van der Waals surface area (Å²) in [4.78, 5) is 25.3. The van der Waals surface area contributed by atoms with Gasteiger partial charge in [0.2, 0.25) is 0 Å². The van der Waals surface area contributed by atoms with E-state index in [9.17, 15) is 9.59 Å². The van der Waals surface area contributed by atoms with E-state index in [1.54, 1.807) is 19.1 Å². The van der Waals surface area contributed by atoms with Gasteiger partial charge in [0.1, 0.15) is 5.75 Å². The van der Waals surface area contributed by atoms with Crippen molar-refractivity contribution in [3.63, 3.8) is 0 Å². The summed E-state index contributed by atoms with van der Waals surface area (Å²) in [6.45, 7) is 4.09. The zero-order chi connectivity index (χ0) is 13.1. The average molecular weight is 246 g/mol. The Balaban J connectivity index is 2.70. The number of hydrogen-bond acceptors (Lipinski definition) is 3. The zero-order valence-corrected chi connectivity index (χ0v) is 10.3. The lowest BCUT2D eigenvalue weighted by Crippen LogP contribution is -2.30. The number of aryl methyl sites for hydroxylation is 1. The summed E-state index contributed by atoms with van der Waals surface area (Å²) in [5.41, 5.74) is 0.323. The molecule has 0 spiro atoms. The normalized spacial score (nSPS) is 10.3. The number of aromatic amines is 1.